The number of aliphatic hydroxyl groups is 3. The van der Waals surface area contributed by atoms with E-state index in [1.807, 2.05) is 0 Å². The van der Waals surface area contributed by atoms with Crippen LogP contribution < -0.4 is 16.8 Å². The molecule has 1 aliphatic rings. The molecule has 8 N–H and O–H groups in total. The van der Waals surface area contributed by atoms with Gasteiger partial charge in [0.2, 0.25) is 5.95 Å². The number of nitrogen functional groups attached to an aromatic ring is 1. The highest BCUT2D eigenvalue weighted by atomic mass is 16.6. The number of anilines is 2. The molecule has 0 bridgehead atoms. The van der Waals surface area contributed by atoms with Gasteiger partial charge in [-0.15, -0.1) is 0 Å². The lowest BCUT2D eigenvalue weighted by Gasteiger charge is -2.19. The number of hydrogen-bond acceptors (Lipinski definition) is 10. The Hall–Kier alpha value is -2.05. The maximum absolute atomic E-state index is 10.2. The smallest absolute Gasteiger partial charge is 0.207 e. The van der Waals surface area contributed by atoms with Crippen molar-refractivity contribution in [1.82, 2.24) is 19.5 Å². The molecule has 2 aromatic rings. The van der Waals surface area contributed by atoms with Crippen molar-refractivity contribution in [2.75, 3.05) is 30.7 Å². The zero-order chi connectivity index (χ0) is 16.6. The zero-order valence-corrected chi connectivity index (χ0v) is 12.2. The van der Waals surface area contributed by atoms with E-state index in [0.29, 0.717) is 30.2 Å². The van der Waals surface area contributed by atoms with Crippen molar-refractivity contribution in [3.05, 3.63) is 6.33 Å². The lowest BCUT2D eigenvalue weighted by Crippen LogP contribution is -2.33. The largest absolute Gasteiger partial charge is 0.394 e. The van der Waals surface area contributed by atoms with Crippen molar-refractivity contribution in [2.45, 2.75) is 24.5 Å². The SMILES string of the molecule is NCCNc1nc2c(N)ncnc2n1C1OC(CO)C(O)C1O. The Kier molecular flexibility index (Phi) is 4.28. The second kappa shape index (κ2) is 6.22. The van der Waals surface area contributed by atoms with Crippen molar-refractivity contribution in [3.63, 3.8) is 0 Å². The minimum Gasteiger partial charge on any atom is -0.394 e. The summed E-state index contributed by atoms with van der Waals surface area (Å²) < 4.78 is 7.03. The van der Waals surface area contributed by atoms with E-state index >= 15 is 0 Å². The van der Waals surface area contributed by atoms with Crippen molar-refractivity contribution in [2.24, 2.45) is 5.73 Å². The van der Waals surface area contributed by atoms with E-state index < -0.39 is 31.1 Å². The van der Waals surface area contributed by atoms with Gasteiger partial charge in [0.05, 0.1) is 6.61 Å². The van der Waals surface area contributed by atoms with Crippen LogP contribution in [-0.2, 0) is 4.74 Å². The Bertz CT molecular complexity index is 693. The van der Waals surface area contributed by atoms with Crippen molar-refractivity contribution >= 4 is 22.9 Å². The Morgan fingerprint density at radius 3 is 2.74 bits per heavy atom. The molecule has 0 spiro atoms. The molecule has 4 atom stereocenters. The highest BCUT2D eigenvalue weighted by molar-refractivity contribution is 5.84. The molecular weight excluding hydrogens is 306 g/mol. The van der Waals surface area contributed by atoms with E-state index in [1.165, 1.54) is 10.9 Å². The first-order valence-corrected chi connectivity index (χ1v) is 7.13. The fraction of sp³-hybridized carbons (Fsp3) is 0.583. The average Bonchev–Trinajstić information content (AvgIpc) is 3.05. The first-order valence-electron chi connectivity index (χ1n) is 7.13. The van der Waals surface area contributed by atoms with E-state index in [1.54, 1.807) is 0 Å². The highest BCUT2D eigenvalue weighted by Gasteiger charge is 2.45. The van der Waals surface area contributed by atoms with Gasteiger partial charge in [0.15, 0.2) is 23.2 Å². The average molecular weight is 325 g/mol. The Labute approximate surface area is 130 Å². The highest BCUT2D eigenvalue weighted by Crippen LogP contribution is 2.34. The summed E-state index contributed by atoms with van der Waals surface area (Å²) in [6.45, 7) is 0.357. The summed E-state index contributed by atoms with van der Waals surface area (Å²) in [6, 6.07) is 0. The quantitative estimate of drug-likeness (QED) is 0.341. The van der Waals surface area contributed by atoms with Crippen LogP contribution in [0, 0.1) is 0 Å². The van der Waals surface area contributed by atoms with Crippen LogP contribution in [0.5, 0.6) is 0 Å². The van der Waals surface area contributed by atoms with Crippen LogP contribution in [0.2, 0.25) is 0 Å². The van der Waals surface area contributed by atoms with Gasteiger partial charge in [0, 0.05) is 13.1 Å². The number of aliphatic hydroxyl groups excluding tert-OH is 3. The summed E-state index contributed by atoms with van der Waals surface area (Å²) in [5.41, 5.74) is 12.0. The first-order chi connectivity index (χ1) is 11.1. The molecule has 3 rings (SSSR count). The maximum Gasteiger partial charge on any atom is 0.207 e. The third-order valence-corrected chi connectivity index (χ3v) is 3.70. The van der Waals surface area contributed by atoms with Gasteiger partial charge in [-0.25, -0.2) is 15.0 Å². The van der Waals surface area contributed by atoms with Crippen LogP contribution in [-0.4, -0.2) is 72.8 Å². The lowest BCUT2D eigenvalue weighted by molar-refractivity contribution is -0.0501. The van der Waals surface area contributed by atoms with Crippen molar-refractivity contribution in [1.29, 1.82) is 0 Å². The molecular formula is C12H19N7O4. The molecule has 2 aromatic heterocycles. The molecule has 3 heterocycles. The number of ether oxygens (including phenoxy) is 1. The molecule has 0 aliphatic carbocycles. The number of nitrogens with zero attached hydrogens (tertiary/aromatic N) is 4. The van der Waals surface area contributed by atoms with Gasteiger partial charge in [-0.3, -0.25) is 4.57 Å². The van der Waals surface area contributed by atoms with Gasteiger partial charge in [0.25, 0.3) is 0 Å². The number of nitrogens with one attached hydrogen (secondary N) is 1. The Morgan fingerprint density at radius 1 is 1.30 bits per heavy atom. The summed E-state index contributed by atoms with van der Waals surface area (Å²) in [5.74, 6) is 0.504. The minimum absolute atomic E-state index is 0.177. The third kappa shape index (κ3) is 2.58. The molecule has 1 aliphatic heterocycles. The molecule has 1 saturated heterocycles. The van der Waals surface area contributed by atoms with Crippen molar-refractivity contribution in [3.8, 4) is 0 Å². The molecule has 1 fully saturated rings. The van der Waals surface area contributed by atoms with E-state index in [9.17, 15) is 15.3 Å². The fourth-order valence-corrected chi connectivity index (χ4v) is 2.57. The topological polar surface area (TPSA) is 178 Å². The van der Waals surface area contributed by atoms with E-state index in [2.05, 4.69) is 20.3 Å². The van der Waals surface area contributed by atoms with Gasteiger partial charge in [0.1, 0.15) is 24.6 Å². The minimum atomic E-state index is -1.26. The second-order valence-corrected chi connectivity index (χ2v) is 5.18. The molecule has 4 unspecified atom stereocenters. The normalized spacial score (nSPS) is 27.7. The predicted octanol–water partition coefficient (Wildman–Crippen LogP) is -2.61. The van der Waals surface area contributed by atoms with E-state index in [4.69, 9.17) is 16.2 Å². The monoisotopic (exact) mass is 325 g/mol. The Morgan fingerprint density at radius 2 is 2.09 bits per heavy atom. The maximum atomic E-state index is 10.2. The summed E-state index contributed by atoms with van der Waals surface area (Å²) in [5, 5.41) is 32.4. The number of imidazole rings is 1. The van der Waals surface area contributed by atoms with Crippen LogP contribution in [0.15, 0.2) is 6.33 Å². The molecule has 0 saturated carbocycles. The molecule has 0 aromatic carbocycles. The zero-order valence-electron chi connectivity index (χ0n) is 12.2. The van der Waals surface area contributed by atoms with Gasteiger partial charge >= 0.3 is 0 Å². The standard InChI is InChI=1S/C12H19N7O4/c13-1-2-15-12-18-6-9(14)16-4-17-10(6)19(12)11-8(22)7(21)5(3-20)23-11/h4-5,7-8,11,20-22H,1-3,13H2,(H,15,18)(H2,14,16,17). The number of hydrogen-bond donors (Lipinski definition) is 6. The van der Waals surface area contributed by atoms with Gasteiger partial charge in [-0.2, -0.15) is 0 Å². The first kappa shape index (κ1) is 15.8. The summed E-state index contributed by atoms with van der Waals surface area (Å²) in [6.07, 6.45) is -3.12. The third-order valence-electron chi connectivity index (χ3n) is 3.70. The number of fused-ring (bicyclic) bond motifs is 1. The summed E-state index contributed by atoms with van der Waals surface area (Å²) >= 11 is 0. The fourth-order valence-electron chi connectivity index (χ4n) is 2.57. The number of nitrogens with two attached hydrogens (primary N) is 2. The molecule has 0 amide bonds. The molecule has 0 radical (unpaired) electrons. The van der Waals surface area contributed by atoms with E-state index in [-0.39, 0.29) is 5.82 Å². The molecule has 126 valence electrons. The molecule has 11 heteroatoms. The van der Waals surface area contributed by atoms with Crippen LogP contribution in [0.3, 0.4) is 0 Å². The molecule has 23 heavy (non-hydrogen) atoms. The van der Waals surface area contributed by atoms with Crippen LogP contribution in [0.4, 0.5) is 11.8 Å². The predicted molar refractivity (Wildman–Crippen MR) is 80.3 cm³/mol. The van der Waals surface area contributed by atoms with Gasteiger partial charge in [-0.05, 0) is 0 Å². The lowest BCUT2D eigenvalue weighted by atomic mass is 10.1. The van der Waals surface area contributed by atoms with Crippen LogP contribution >= 0.6 is 0 Å². The summed E-state index contributed by atoms with van der Waals surface area (Å²) in [4.78, 5) is 12.3. The van der Waals surface area contributed by atoms with E-state index in [0.717, 1.165) is 0 Å². The van der Waals surface area contributed by atoms with Gasteiger partial charge < -0.3 is 36.8 Å². The van der Waals surface area contributed by atoms with Crippen molar-refractivity contribution < 1.29 is 20.1 Å². The van der Waals surface area contributed by atoms with Crippen LogP contribution in [0.25, 0.3) is 11.2 Å². The van der Waals surface area contributed by atoms with Crippen LogP contribution in [0.1, 0.15) is 6.23 Å². The Balaban J connectivity index is 2.09. The number of rotatable bonds is 5. The number of aromatic nitrogens is 4. The molecule has 11 nitrogen and oxygen atoms in total. The summed E-state index contributed by atoms with van der Waals surface area (Å²) in [7, 11) is 0. The van der Waals surface area contributed by atoms with Gasteiger partial charge in [-0.1, -0.05) is 0 Å². The second-order valence-electron chi connectivity index (χ2n) is 5.18.